The highest BCUT2D eigenvalue weighted by Crippen LogP contribution is 2.22. The molecular formula is C22H30N6O2. The molecule has 1 saturated heterocycles. The number of carbonyl (C=O) groups is 1. The van der Waals surface area contributed by atoms with Gasteiger partial charge in [-0.2, -0.15) is 0 Å². The van der Waals surface area contributed by atoms with Crippen LogP contribution in [0.1, 0.15) is 12.8 Å². The SMILES string of the molecule is CNc1cc(-c2c[nH]c(=O)c(N[C@@H]3CCCN(C(=O)C=CCN(C)C)C3)c2)ccn1. The molecule has 1 fully saturated rings. The Kier molecular flexibility index (Phi) is 7.24. The highest BCUT2D eigenvalue weighted by molar-refractivity contribution is 5.87. The molecule has 0 aromatic carbocycles. The number of aromatic nitrogens is 2. The van der Waals surface area contributed by atoms with E-state index in [0.717, 1.165) is 42.9 Å². The van der Waals surface area contributed by atoms with Crippen LogP contribution >= 0.6 is 0 Å². The molecule has 0 radical (unpaired) electrons. The monoisotopic (exact) mass is 410 g/mol. The van der Waals surface area contributed by atoms with Crippen molar-refractivity contribution in [3.63, 3.8) is 0 Å². The van der Waals surface area contributed by atoms with Crippen LogP contribution in [-0.2, 0) is 4.79 Å². The predicted octanol–water partition coefficient (Wildman–Crippen LogP) is 2.00. The molecule has 0 aliphatic carbocycles. The molecule has 160 valence electrons. The summed E-state index contributed by atoms with van der Waals surface area (Å²) in [6.07, 6.45) is 8.76. The Morgan fingerprint density at radius 1 is 1.37 bits per heavy atom. The van der Waals surface area contributed by atoms with Gasteiger partial charge in [0.25, 0.3) is 5.56 Å². The third-order valence-corrected chi connectivity index (χ3v) is 5.08. The minimum absolute atomic E-state index is 0.0161. The summed E-state index contributed by atoms with van der Waals surface area (Å²) in [7, 11) is 5.75. The van der Waals surface area contributed by atoms with Crippen LogP contribution in [0.2, 0.25) is 0 Å². The van der Waals surface area contributed by atoms with Crippen LogP contribution in [0.3, 0.4) is 0 Å². The van der Waals surface area contributed by atoms with Crippen molar-refractivity contribution in [3.05, 3.63) is 53.1 Å². The van der Waals surface area contributed by atoms with Crippen LogP contribution in [0, 0.1) is 0 Å². The first-order valence-electron chi connectivity index (χ1n) is 10.2. The molecule has 3 rings (SSSR count). The number of nitrogens with one attached hydrogen (secondary N) is 3. The number of H-pyrrole nitrogens is 1. The Hall–Kier alpha value is -3.13. The maximum absolute atomic E-state index is 12.5. The number of carbonyl (C=O) groups excluding carboxylic acids is 1. The third-order valence-electron chi connectivity index (χ3n) is 5.08. The quantitative estimate of drug-likeness (QED) is 0.605. The van der Waals surface area contributed by atoms with E-state index < -0.39 is 0 Å². The summed E-state index contributed by atoms with van der Waals surface area (Å²) < 4.78 is 0. The van der Waals surface area contributed by atoms with E-state index >= 15 is 0 Å². The number of amides is 1. The van der Waals surface area contributed by atoms with Gasteiger partial charge in [0.1, 0.15) is 11.5 Å². The molecule has 1 amide bonds. The Labute approximate surface area is 177 Å². The Bertz CT molecular complexity index is 953. The van der Waals surface area contributed by atoms with E-state index in [9.17, 15) is 9.59 Å². The van der Waals surface area contributed by atoms with E-state index in [1.807, 2.05) is 55.2 Å². The van der Waals surface area contributed by atoms with Gasteiger partial charge < -0.3 is 25.4 Å². The number of piperidine rings is 1. The zero-order valence-electron chi connectivity index (χ0n) is 17.8. The van der Waals surface area contributed by atoms with Crippen molar-refractivity contribution in [2.45, 2.75) is 18.9 Å². The summed E-state index contributed by atoms with van der Waals surface area (Å²) >= 11 is 0. The standard InChI is InChI=1S/C22H30N6O2/c1-23-20-13-16(8-9-24-20)17-12-19(22(30)25-14-17)26-18-6-4-11-28(15-18)21(29)7-5-10-27(2)3/h5,7-9,12-14,18,26H,4,6,10-11,15H2,1-3H3,(H,23,24)(H,25,30)/t18-/m1/s1. The van der Waals surface area contributed by atoms with Gasteiger partial charge in [-0.15, -0.1) is 0 Å². The fourth-order valence-electron chi connectivity index (χ4n) is 3.49. The number of anilines is 2. The van der Waals surface area contributed by atoms with E-state index in [4.69, 9.17) is 0 Å². The number of aromatic amines is 1. The molecule has 8 nitrogen and oxygen atoms in total. The predicted molar refractivity (Wildman–Crippen MR) is 121 cm³/mol. The number of pyridine rings is 2. The maximum Gasteiger partial charge on any atom is 0.271 e. The van der Waals surface area contributed by atoms with Crippen molar-refractivity contribution in [1.29, 1.82) is 0 Å². The lowest BCUT2D eigenvalue weighted by Gasteiger charge is -2.33. The third kappa shape index (κ3) is 5.70. The minimum Gasteiger partial charge on any atom is -0.376 e. The first kappa shape index (κ1) is 21.6. The van der Waals surface area contributed by atoms with Crippen molar-refractivity contribution < 1.29 is 4.79 Å². The van der Waals surface area contributed by atoms with E-state index in [-0.39, 0.29) is 17.5 Å². The molecule has 2 aromatic heterocycles. The van der Waals surface area contributed by atoms with Crippen molar-refractivity contribution in [2.24, 2.45) is 0 Å². The van der Waals surface area contributed by atoms with Gasteiger partial charge in [-0.1, -0.05) is 6.08 Å². The lowest BCUT2D eigenvalue weighted by Crippen LogP contribution is -2.45. The molecule has 30 heavy (non-hydrogen) atoms. The van der Waals surface area contributed by atoms with Crippen molar-refractivity contribution in [2.75, 3.05) is 51.4 Å². The molecule has 3 heterocycles. The van der Waals surface area contributed by atoms with Crippen LogP contribution in [0.4, 0.5) is 11.5 Å². The summed E-state index contributed by atoms with van der Waals surface area (Å²) in [4.78, 5) is 35.7. The number of likely N-dealkylation sites (tertiary alicyclic amines) is 1. The van der Waals surface area contributed by atoms with E-state index in [0.29, 0.717) is 12.2 Å². The van der Waals surface area contributed by atoms with Crippen molar-refractivity contribution in [1.82, 2.24) is 19.8 Å². The molecule has 0 bridgehead atoms. The molecule has 0 saturated carbocycles. The number of rotatable bonds is 7. The van der Waals surface area contributed by atoms with E-state index in [1.54, 1.807) is 18.5 Å². The van der Waals surface area contributed by atoms with Gasteiger partial charge in [0.15, 0.2) is 0 Å². The van der Waals surface area contributed by atoms with E-state index in [1.165, 1.54) is 0 Å². The van der Waals surface area contributed by atoms with Crippen LogP contribution in [-0.4, -0.2) is 72.5 Å². The molecule has 8 heteroatoms. The molecule has 3 N–H and O–H groups in total. The van der Waals surface area contributed by atoms with Crippen molar-refractivity contribution >= 4 is 17.4 Å². The largest absolute Gasteiger partial charge is 0.376 e. The summed E-state index contributed by atoms with van der Waals surface area (Å²) in [6, 6.07) is 5.72. The Morgan fingerprint density at radius 3 is 2.97 bits per heavy atom. The van der Waals surface area contributed by atoms with Crippen molar-refractivity contribution in [3.8, 4) is 11.1 Å². The van der Waals surface area contributed by atoms with Crippen LogP contribution < -0.4 is 16.2 Å². The number of nitrogens with zero attached hydrogens (tertiary/aromatic N) is 3. The molecule has 2 aromatic rings. The smallest absolute Gasteiger partial charge is 0.271 e. The topological polar surface area (TPSA) is 93.4 Å². The molecule has 0 spiro atoms. The average Bonchev–Trinajstić information content (AvgIpc) is 2.75. The summed E-state index contributed by atoms with van der Waals surface area (Å²) in [5.41, 5.74) is 2.19. The second kappa shape index (κ2) is 10.1. The number of likely N-dealkylation sites (N-methyl/N-ethyl adjacent to an activating group) is 1. The second-order valence-corrected chi connectivity index (χ2v) is 7.74. The van der Waals surface area contributed by atoms with Crippen LogP contribution in [0.5, 0.6) is 0 Å². The minimum atomic E-state index is -0.170. The fourth-order valence-corrected chi connectivity index (χ4v) is 3.49. The van der Waals surface area contributed by atoms with Gasteiger partial charge >= 0.3 is 0 Å². The lowest BCUT2D eigenvalue weighted by molar-refractivity contribution is -0.127. The molecule has 1 aliphatic rings. The highest BCUT2D eigenvalue weighted by atomic mass is 16.2. The van der Waals surface area contributed by atoms with Crippen LogP contribution in [0.15, 0.2) is 47.5 Å². The van der Waals surface area contributed by atoms with Gasteiger partial charge in [-0.3, -0.25) is 9.59 Å². The van der Waals surface area contributed by atoms with Gasteiger partial charge in [0.05, 0.1) is 0 Å². The second-order valence-electron chi connectivity index (χ2n) is 7.74. The normalized spacial score (nSPS) is 16.8. The van der Waals surface area contributed by atoms with Gasteiger partial charge in [-0.25, -0.2) is 4.98 Å². The molecule has 1 aliphatic heterocycles. The summed E-state index contributed by atoms with van der Waals surface area (Å²) in [5, 5.41) is 6.37. The first-order chi connectivity index (χ1) is 14.5. The average molecular weight is 411 g/mol. The van der Waals surface area contributed by atoms with E-state index in [2.05, 4.69) is 20.6 Å². The van der Waals surface area contributed by atoms with Gasteiger partial charge in [-0.05, 0) is 50.7 Å². The number of hydrogen-bond acceptors (Lipinski definition) is 6. The number of hydrogen-bond donors (Lipinski definition) is 3. The Balaban J connectivity index is 1.70. The zero-order chi connectivity index (χ0) is 21.5. The van der Waals surface area contributed by atoms with Crippen LogP contribution in [0.25, 0.3) is 11.1 Å². The summed E-state index contributed by atoms with van der Waals surface area (Å²) in [5.74, 6) is 0.777. The first-order valence-corrected chi connectivity index (χ1v) is 10.2. The Morgan fingerprint density at radius 2 is 2.20 bits per heavy atom. The lowest BCUT2D eigenvalue weighted by atomic mass is 10.0. The molecule has 0 unspecified atom stereocenters. The highest BCUT2D eigenvalue weighted by Gasteiger charge is 2.23. The molecule has 1 atom stereocenters. The van der Waals surface area contributed by atoms with Gasteiger partial charge in [0, 0.05) is 56.8 Å². The zero-order valence-corrected chi connectivity index (χ0v) is 17.8. The fraction of sp³-hybridized carbons (Fsp3) is 0.409. The van der Waals surface area contributed by atoms with Gasteiger partial charge in [0.2, 0.25) is 5.91 Å². The maximum atomic E-state index is 12.5. The molecular weight excluding hydrogens is 380 g/mol. The summed E-state index contributed by atoms with van der Waals surface area (Å²) in [6.45, 7) is 2.05.